The van der Waals surface area contributed by atoms with E-state index in [4.69, 9.17) is 0 Å². The van der Waals surface area contributed by atoms with E-state index in [1.54, 1.807) is 12.1 Å². The third kappa shape index (κ3) is 4.05. The predicted octanol–water partition coefficient (Wildman–Crippen LogP) is 3.51. The Balaban J connectivity index is 2.31. The van der Waals surface area contributed by atoms with Gasteiger partial charge in [-0.05, 0) is 41.8 Å². The largest absolute Gasteiger partial charge is 0.416 e. The van der Waals surface area contributed by atoms with Gasteiger partial charge in [0.2, 0.25) is 0 Å². The van der Waals surface area contributed by atoms with Crippen LogP contribution in [0.4, 0.5) is 13.2 Å². The van der Waals surface area contributed by atoms with Crippen molar-refractivity contribution >= 4 is 23.0 Å². The van der Waals surface area contributed by atoms with E-state index in [-0.39, 0.29) is 14.8 Å². The summed E-state index contributed by atoms with van der Waals surface area (Å²) >= 11 is 0.953. The molecule has 0 N–H and O–H groups in total. The lowest BCUT2D eigenvalue weighted by Gasteiger charge is -2.08. The molecule has 4 nitrogen and oxygen atoms in total. The molecule has 150 valence electrons. The zero-order valence-corrected chi connectivity index (χ0v) is 16.5. The van der Waals surface area contributed by atoms with Crippen LogP contribution in [0.3, 0.4) is 0 Å². The average molecular weight is 425 g/mol. The summed E-state index contributed by atoms with van der Waals surface area (Å²) in [6.45, 7) is 1.92. The molecule has 1 heterocycles. The molecular weight excluding hydrogens is 411 g/mol. The number of aromatic nitrogens is 1. The van der Waals surface area contributed by atoms with Crippen molar-refractivity contribution in [3.8, 4) is 17.8 Å². The highest BCUT2D eigenvalue weighted by Gasteiger charge is 2.29. The molecule has 0 saturated heterocycles. The van der Waals surface area contributed by atoms with Crippen LogP contribution in [-0.2, 0) is 12.6 Å². The summed E-state index contributed by atoms with van der Waals surface area (Å²) < 4.78 is 40.0. The maximum absolute atomic E-state index is 13.2. The Bertz CT molecular complexity index is 1340. The molecule has 0 aliphatic heterocycles. The van der Waals surface area contributed by atoms with E-state index in [1.165, 1.54) is 22.8 Å². The number of aryl methyl sites for hydroxylation is 1. The van der Waals surface area contributed by atoms with Crippen LogP contribution in [0, 0.1) is 22.7 Å². The number of benzene rings is 2. The Labute approximate surface area is 173 Å². The predicted molar refractivity (Wildman–Crippen MR) is 108 cm³/mol. The smallest absolute Gasteiger partial charge is 0.267 e. The van der Waals surface area contributed by atoms with Crippen LogP contribution >= 0.6 is 11.3 Å². The highest BCUT2D eigenvalue weighted by Crippen LogP contribution is 2.29. The van der Waals surface area contributed by atoms with Gasteiger partial charge in [-0.15, -0.1) is 11.3 Å². The summed E-state index contributed by atoms with van der Waals surface area (Å²) in [7, 11) is 0. The molecule has 0 unspecified atom stereocenters. The number of rotatable bonds is 3. The maximum Gasteiger partial charge on any atom is 0.416 e. The summed E-state index contributed by atoms with van der Waals surface area (Å²) in [6.07, 6.45) is -2.37. The van der Waals surface area contributed by atoms with Crippen LogP contribution in [0.2, 0.25) is 0 Å². The molecule has 8 heteroatoms. The third-order valence-electron chi connectivity index (χ3n) is 4.41. The first-order chi connectivity index (χ1) is 14.3. The number of alkyl halides is 3. The Hall–Kier alpha value is -3.62. The number of halogens is 3. The van der Waals surface area contributed by atoms with E-state index in [9.17, 15) is 28.5 Å². The monoisotopic (exact) mass is 425 g/mol. The number of hydrogen-bond donors (Lipinski definition) is 0. The van der Waals surface area contributed by atoms with Gasteiger partial charge < -0.3 is 0 Å². The van der Waals surface area contributed by atoms with Crippen molar-refractivity contribution in [3.63, 3.8) is 0 Å². The van der Waals surface area contributed by atoms with Crippen LogP contribution in [0.1, 0.15) is 23.6 Å². The second-order valence-corrected chi connectivity index (χ2v) is 7.29. The molecule has 0 aliphatic carbocycles. The molecule has 1 aromatic heterocycles. The molecule has 0 saturated carbocycles. The molecule has 0 aliphatic rings. The van der Waals surface area contributed by atoms with Crippen molar-refractivity contribution < 1.29 is 13.2 Å². The summed E-state index contributed by atoms with van der Waals surface area (Å²) in [4.78, 5) is 13.2. The SMILES string of the molecule is CCc1ccccc1-n1c(=C(C#N)C#N)s/c(=C/c2ccc(C(F)(F)F)cc2)c1=O. The third-order valence-corrected chi connectivity index (χ3v) is 5.50. The van der Waals surface area contributed by atoms with Crippen molar-refractivity contribution in [3.05, 3.63) is 84.8 Å². The summed E-state index contributed by atoms with van der Waals surface area (Å²) in [6, 6.07) is 15.2. The van der Waals surface area contributed by atoms with Crippen molar-refractivity contribution in [2.45, 2.75) is 19.5 Å². The molecule has 0 amide bonds. The van der Waals surface area contributed by atoms with Gasteiger partial charge in [-0.25, -0.2) is 0 Å². The van der Waals surface area contributed by atoms with Crippen LogP contribution < -0.4 is 14.8 Å². The van der Waals surface area contributed by atoms with Gasteiger partial charge in [0.05, 0.1) is 15.8 Å². The lowest BCUT2D eigenvalue weighted by atomic mass is 10.1. The topological polar surface area (TPSA) is 69.6 Å². The van der Waals surface area contributed by atoms with Gasteiger partial charge in [-0.3, -0.25) is 9.36 Å². The number of para-hydroxylation sites is 1. The Morgan fingerprint density at radius 3 is 2.30 bits per heavy atom. The van der Waals surface area contributed by atoms with Gasteiger partial charge in [0.25, 0.3) is 5.56 Å². The van der Waals surface area contributed by atoms with Gasteiger partial charge in [0.15, 0.2) is 5.57 Å². The van der Waals surface area contributed by atoms with E-state index in [0.29, 0.717) is 17.7 Å². The van der Waals surface area contributed by atoms with Crippen molar-refractivity contribution in [1.29, 1.82) is 10.5 Å². The molecule has 0 atom stereocenters. The minimum atomic E-state index is -4.45. The number of nitriles is 2. The minimum absolute atomic E-state index is 0.184. The van der Waals surface area contributed by atoms with Crippen molar-refractivity contribution in [2.24, 2.45) is 0 Å². The lowest BCUT2D eigenvalue weighted by Crippen LogP contribution is -2.31. The normalized spacial score (nSPS) is 11.7. The van der Waals surface area contributed by atoms with Gasteiger partial charge >= 0.3 is 6.18 Å². The first kappa shape index (κ1) is 21.1. The quantitative estimate of drug-likeness (QED) is 0.645. The molecule has 3 aromatic rings. The number of thiazole rings is 1. The van der Waals surface area contributed by atoms with Crippen LogP contribution in [0.5, 0.6) is 0 Å². The van der Waals surface area contributed by atoms with Gasteiger partial charge in [-0.2, -0.15) is 23.7 Å². The lowest BCUT2D eigenvalue weighted by molar-refractivity contribution is -0.137. The highest BCUT2D eigenvalue weighted by molar-refractivity contribution is 7.07. The van der Waals surface area contributed by atoms with Gasteiger partial charge in [-0.1, -0.05) is 37.3 Å². The van der Waals surface area contributed by atoms with Crippen molar-refractivity contribution in [1.82, 2.24) is 4.57 Å². The van der Waals surface area contributed by atoms with Crippen LogP contribution in [0.15, 0.2) is 53.3 Å². The minimum Gasteiger partial charge on any atom is -0.267 e. The summed E-state index contributed by atoms with van der Waals surface area (Å²) in [5, 5.41) is 18.7. The number of hydrogen-bond acceptors (Lipinski definition) is 4. The molecule has 3 rings (SSSR count). The second-order valence-electron chi connectivity index (χ2n) is 6.26. The van der Waals surface area contributed by atoms with Crippen molar-refractivity contribution in [2.75, 3.05) is 0 Å². The van der Waals surface area contributed by atoms with E-state index in [2.05, 4.69) is 0 Å². The van der Waals surface area contributed by atoms with E-state index < -0.39 is 17.3 Å². The molecule has 30 heavy (non-hydrogen) atoms. The molecule has 2 aromatic carbocycles. The average Bonchev–Trinajstić information content (AvgIpc) is 3.04. The zero-order chi connectivity index (χ0) is 21.9. The Morgan fingerprint density at radius 2 is 1.73 bits per heavy atom. The van der Waals surface area contributed by atoms with E-state index in [0.717, 1.165) is 29.0 Å². The van der Waals surface area contributed by atoms with Crippen LogP contribution in [-0.4, -0.2) is 4.57 Å². The Kier molecular flexibility index (Phi) is 5.91. The fraction of sp³-hybridized carbons (Fsp3) is 0.136. The molecule has 0 fully saturated rings. The fourth-order valence-corrected chi connectivity index (χ4v) is 3.98. The molecule has 0 bridgehead atoms. The maximum atomic E-state index is 13.2. The van der Waals surface area contributed by atoms with E-state index >= 15 is 0 Å². The van der Waals surface area contributed by atoms with Gasteiger partial charge in [0.1, 0.15) is 16.8 Å². The fourth-order valence-electron chi connectivity index (χ4n) is 2.94. The second kappa shape index (κ2) is 8.40. The highest BCUT2D eigenvalue weighted by atomic mass is 32.1. The standard InChI is InChI=1S/C22H14F3N3OS/c1-2-15-5-3-4-6-18(15)28-20(29)19(30-21(28)16(12-26)13-27)11-14-7-9-17(10-8-14)22(23,24)25/h3-11H,2H2,1H3/b19-11+. The number of nitrogens with zero attached hydrogens (tertiary/aromatic N) is 3. The molecule has 0 radical (unpaired) electrons. The Morgan fingerprint density at radius 1 is 1.10 bits per heavy atom. The van der Waals surface area contributed by atoms with Crippen LogP contribution in [0.25, 0.3) is 17.3 Å². The molecular formula is C22H14F3N3OS. The molecule has 0 spiro atoms. The van der Waals surface area contributed by atoms with Gasteiger partial charge in [0, 0.05) is 0 Å². The summed E-state index contributed by atoms with van der Waals surface area (Å²) in [5.41, 5.74) is 0.375. The first-order valence-corrected chi connectivity index (χ1v) is 9.65. The summed E-state index contributed by atoms with van der Waals surface area (Å²) in [5.74, 6) is 0. The van der Waals surface area contributed by atoms with E-state index in [1.807, 2.05) is 31.2 Å². The zero-order valence-electron chi connectivity index (χ0n) is 15.7. The first-order valence-electron chi connectivity index (χ1n) is 8.83.